The molecule has 0 saturated heterocycles. The molecular formula is C15H18F2. The van der Waals surface area contributed by atoms with Crippen molar-refractivity contribution >= 4 is 0 Å². The Morgan fingerprint density at radius 3 is 2.29 bits per heavy atom. The van der Waals surface area contributed by atoms with Crippen LogP contribution in [-0.2, 0) is 5.41 Å². The minimum Gasteiger partial charge on any atom is -0.207 e. The first-order valence-corrected chi connectivity index (χ1v) is 5.98. The predicted octanol–water partition coefficient (Wildman–Crippen LogP) is 4.60. The van der Waals surface area contributed by atoms with Crippen molar-refractivity contribution in [1.82, 2.24) is 0 Å². The molecule has 17 heavy (non-hydrogen) atoms. The molecule has 0 bridgehead atoms. The molecule has 0 spiro atoms. The topological polar surface area (TPSA) is 0 Å². The molecule has 0 amide bonds. The van der Waals surface area contributed by atoms with Crippen LogP contribution < -0.4 is 0 Å². The summed E-state index contributed by atoms with van der Waals surface area (Å²) in [5.41, 5.74) is 0.231. The molecule has 2 rings (SSSR count). The van der Waals surface area contributed by atoms with Gasteiger partial charge in [0.05, 0.1) is 0 Å². The van der Waals surface area contributed by atoms with E-state index >= 15 is 0 Å². The molecule has 0 radical (unpaired) electrons. The number of benzene rings is 1. The second-order valence-corrected chi connectivity index (χ2v) is 5.86. The van der Waals surface area contributed by atoms with Crippen molar-refractivity contribution in [2.24, 2.45) is 5.41 Å². The number of halogens is 2. The minimum atomic E-state index is -0.387. The fourth-order valence-electron chi connectivity index (χ4n) is 2.32. The predicted molar refractivity (Wildman–Crippen MR) is 65.9 cm³/mol. The maximum Gasteiger partial charge on any atom is 0.127 e. The highest BCUT2D eigenvalue weighted by molar-refractivity contribution is 5.33. The van der Waals surface area contributed by atoms with Crippen LogP contribution in [0.4, 0.5) is 8.78 Å². The SMILES string of the molecule is CC1(C)C=C[C@](C)(c2cc(F)ccc2F)CC1. The molecule has 1 aromatic carbocycles. The lowest BCUT2D eigenvalue weighted by molar-refractivity contribution is 0.335. The molecular weight excluding hydrogens is 218 g/mol. The third kappa shape index (κ3) is 2.41. The van der Waals surface area contributed by atoms with Gasteiger partial charge in [0.1, 0.15) is 11.6 Å². The Morgan fingerprint density at radius 1 is 1.00 bits per heavy atom. The molecule has 1 aliphatic rings. The minimum absolute atomic E-state index is 0.156. The van der Waals surface area contributed by atoms with Gasteiger partial charge in [-0.3, -0.25) is 0 Å². The zero-order chi connectivity index (χ0) is 12.7. The van der Waals surface area contributed by atoms with Gasteiger partial charge in [-0.2, -0.15) is 0 Å². The zero-order valence-corrected chi connectivity index (χ0v) is 10.6. The second kappa shape index (κ2) is 3.94. The maximum atomic E-state index is 13.8. The van der Waals surface area contributed by atoms with Crippen LogP contribution in [0.1, 0.15) is 39.2 Å². The molecule has 1 aromatic rings. The first kappa shape index (κ1) is 12.3. The van der Waals surface area contributed by atoms with E-state index < -0.39 is 0 Å². The normalized spacial score (nSPS) is 27.1. The van der Waals surface area contributed by atoms with E-state index in [1.807, 2.05) is 13.0 Å². The van der Waals surface area contributed by atoms with E-state index in [1.165, 1.54) is 18.2 Å². The Hall–Kier alpha value is -1.18. The van der Waals surface area contributed by atoms with Crippen LogP contribution >= 0.6 is 0 Å². The highest BCUT2D eigenvalue weighted by Crippen LogP contribution is 2.42. The molecule has 92 valence electrons. The summed E-state index contributed by atoms with van der Waals surface area (Å²) >= 11 is 0. The Labute approximate surface area is 101 Å². The van der Waals surface area contributed by atoms with Gasteiger partial charge in [-0.05, 0) is 36.5 Å². The molecule has 0 aromatic heterocycles. The Balaban J connectivity index is 2.43. The Kier molecular flexibility index (Phi) is 2.84. The van der Waals surface area contributed by atoms with E-state index in [-0.39, 0.29) is 22.5 Å². The smallest absolute Gasteiger partial charge is 0.127 e. The van der Waals surface area contributed by atoms with Gasteiger partial charge in [0.25, 0.3) is 0 Å². The third-order valence-corrected chi connectivity index (χ3v) is 3.73. The molecule has 0 heterocycles. The molecule has 0 aliphatic heterocycles. The molecule has 2 heteroatoms. The fraction of sp³-hybridized carbons (Fsp3) is 0.467. The van der Waals surface area contributed by atoms with Gasteiger partial charge in [-0.25, -0.2) is 8.78 Å². The molecule has 0 nitrogen and oxygen atoms in total. The van der Waals surface area contributed by atoms with Gasteiger partial charge < -0.3 is 0 Å². The van der Waals surface area contributed by atoms with E-state index in [0.29, 0.717) is 5.56 Å². The largest absolute Gasteiger partial charge is 0.207 e. The average molecular weight is 236 g/mol. The van der Waals surface area contributed by atoms with Crippen LogP contribution in [0.5, 0.6) is 0 Å². The summed E-state index contributed by atoms with van der Waals surface area (Å²) in [6.07, 6.45) is 5.96. The highest BCUT2D eigenvalue weighted by Gasteiger charge is 2.33. The Morgan fingerprint density at radius 2 is 1.71 bits per heavy atom. The number of allylic oxidation sites excluding steroid dienone is 2. The zero-order valence-electron chi connectivity index (χ0n) is 10.6. The second-order valence-electron chi connectivity index (χ2n) is 5.86. The van der Waals surface area contributed by atoms with E-state index in [4.69, 9.17) is 0 Å². The first-order valence-electron chi connectivity index (χ1n) is 5.98. The lowest BCUT2D eigenvalue weighted by Crippen LogP contribution is -2.28. The van der Waals surface area contributed by atoms with Crippen LogP contribution in [-0.4, -0.2) is 0 Å². The van der Waals surface area contributed by atoms with E-state index in [0.717, 1.165) is 12.8 Å². The summed E-state index contributed by atoms with van der Waals surface area (Å²) in [5, 5.41) is 0. The van der Waals surface area contributed by atoms with Crippen LogP contribution in [0, 0.1) is 17.0 Å². The van der Waals surface area contributed by atoms with Crippen molar-refractivity contribution in [3.8, 4) is 0 Å². The molecule has 0 unspecified atom stereocenters. The molecule has 0 saturated carbocycles. The van der Waals surface area contributed by atoms with Crippen molar-refractivity contribution in [3.63, 3.8) is 0 Å². The van der Waals surface area contributed by atoms with E-state index in [1.54, 1.807) is 0 Å². The average Bonchev–Trinajstić information content (AvgIpc) is 2.26. The summed E-state index contributed by atoms with van der Waals surface area (Å²) in [6, 6.07) is 3.69. The van der Waals surface area contributed by atoms with Crippen molar-refractivity contribution < 1.29 is 8.78 Å². The van der Waals surface area contributed by atoms with Crippen LogP contribution in [0.3, 0.4) is 0 Å². The molecule has 1 atom stereocenters. The van der Waals surface area contributed by atoms with Crippen LogP contribution in [0.15, 0.2) is 30.4 Å². The third-order valence-electron chi connectivity index (χ3n) is 3.73. The van der Waals surface area contributed by atoms with E-state index in [2.05, 4.69) is 19.9 Å². The monoisotopic (exact) mass is 236 g/mol. The maximum absolute atomic E-state index is 13.8. The van der Waals surface area contributed by atoms with Gasteiger partial charge in [0, 0.05) is 11.0 Å². The van der Waals surface area contributed by atoms with Crippen LogP contribution in [0.25, 0.3) is 0 Å². The highest BCUT2D eigenvalue weighted by atomic mass is 19.1. The van der Waals surface area contributed by atoms with Gasteiger partial charge in [0.2, 0.25) is 0 Å². The fourth-order valence-corrected chi connectivity index (χ4v) is 2.32. The van der Waals surface area contributed by atoms with Gasteiger partial charge in [0.15, 0.2) is 0 Å². The van der Waals surface area contributed by atoms with Gasteiger partial charge in [-0.1, -0.05) is 32.9 Å². The van der Waals surface area contributed by atoms with Crippen molar-refractivity contribution in [3.05, 3.63) is 47.5 Å². The summed E-state index contributed by atoms with van der Waals surface area (Å²) in [5.74, 6) is -0.695. The number of hydrogen-bond donors (Lipinski definition) is 0. The van der Waals surface area contributed by atoms with Crippen LogP contribution in [0.2, 0.25) is 0 Å². The lowest BCUT2D eigenvalue weighted by atomic mass is 9.68. The summed E-state index contributed by atoms with van der Waals surface area (Å²) in [6.45, 7) is 6.28. The van der Waals surface area contributed by atoms with Gasteiger partial charge in [-0.15, -0.1) is 0 Å². The molecule has 0 fully saturated rings. The standard InChI is InChI=1S/C15H18F2/c1-14(2)6-8-15(3,9-7-14)12-10-11(16)4-5-13(12)17/h4-6,8,10H,7,9H2,1-3H3/t15-/m0/s1. The molecule has 1 aliphatic carbocycles. The number of rotatable bonds is 1. The summed E-state index contributed by atoms with van der Waals surface area (Å²) in [4.78, 5) is 0. The summed E-state index contributed by atoms with van der Waals surface area (Å²) in [7, 11) is 0. The van der Waals surface area contributed by atoms with Gasteiger partial charge >= 0.3 is 0 Å². The quantitative estimate of drug-likeness (QED) is 0.625. The Bertz CT molecular complexity index is 460. The van der Waals surface area contributed by atoms with Crippen molar-refractivity contribution in [2.45, 2.75) is 39.0 Å². The number of hydrogen-bond acceptors (Lipinski definition) is 0. The summed E-state index contributed by atoms with van der Waals surface area (Å²) < 4.78 is 27.0. The lowest BCUT2D eigenvalue weighted by Gasteiger charge is -2.36. The van der Waals surface area contributed by atoms with Crippen molar-refractivity contribution in [1.29, 1.82) is 0 Å². The van der Waals surface area contributed by atoms with E-state index in [9.17, 15) is 8.78 Å². The van der Waals surface area contributed by atoms with Crippen molar-refractivity contribution in [2.75, 3.05) is 0 Å². The first-order chi connectivity index (χ1) is 7.82. The molecule has 0 N–H and O–H groups in total.